The van der Waals surface area contributed by atoms with Crippen LogP contribution in [0, 0.1) is 5.92 Å². The zero-order chi connectivity index (χ0) is 9.68. The van der Waals surface area contributed by atoms with E-state index in [4.69, 9.17) is 4.74 Å². The normalized spacial score (nSPS) is 24.2. The summed E-state index contributed by atoms with van der Waals surface area (Å²) in [6.45, 7) is 8.58. The Hall–Kier alpha value is -0.120. The van der Waals surface area contributed by atoms with E-state index in [0.717, 1.165) is 39.3 Å². The summed E-state index contributed by atoms with van der Waals surface area (Å²) in [6, 6.07) is 0. The molecule has 1 saturated heterocycles. The second kappa shape index (κ2) is 5.58. The van der Waals surface area contributed by atoms with Gasteiger partial charge >= 0.3 is 0 Å². The molecule has 1 aliphatic heterocycles. The highest BCUT2D eigenvalue weighted by Crippen LogP contribution is 2.09. The SMILES string of the molecule is CCC(C)C(O)CN1CCOCC1. The third-order valence-corrected chi connectivity index (χ3v) is 2.85. The molecule has 1 N–H and O–H groups in total. The Kier molecular flexibility index (Phi) is 4.70. The standard InChI is InChI=1S/C10H21NO2/c1-3-9(2)10(12)8-11-4-6-13-7-5-11/h9-10,12H,3-8H2,1-2H3. The quantitative estimate of drug-likeness (QED) is 0.704. The topological polar surface area (TPSA) is 32.7 Å². The summed E-state index contributed by atoms with van der Waals surface area (Å²) in [7, 11) is 0. The highest BCUT2D eigenvalue weighted by atomic mass is 16.5. The van der Waals surface area contributed by atoms with Gasteiger partial charge in [-0.2, -0.15) is 0 Å². The molecule has 0 aromatic carbocycles. The molecule has 1 rings (SSSR count). The van der Waals surface area contributed by atoms with Crippen LogP contribution in [0.25, 0.3) is 0 Å². The minimum absolute atomic E-state index is 0.178. The van der Waals surface area contributed by atoms with E-state index in [1.807, 2.05) is 0 Å². The van der Waals surface area contributed by atoms with Crippen molar-refractivity contribution in [2.45, 2.75) is 26.4 Å². The first kappa shape index (κ1) is 11.0. The number of morpholine rings is 1. The number of aliphatic hydroxyl groups is 1. The van der Waals surface area contributed by atoms with Crippen molar-refractivity contribution in [1.82, 2.24) is 4.90 Å². The Bertz CT molecular complexity index is 135. The van der Waals surface area contributed by atoms with E-state index < -0.39 is 0 Å². The highest BCUT2D eigenvalue weighted by molar-refractivity contribution is 4.70. The van der Waals surface area contributed by atoms with Crippen LogP contribution in [0.2, 0.25) is 0 Å². The van der Waals surface area contributed by atoms with Crippen LogP contribution >= 0.6 is 0 Å². The van der Waals surface area contributed by atoms with Gasteiger partial charge in [0.05, 0.1) is 19.3 Å². The van der Waals surface area contributed by atoms with E-state index in [1.54, 1.807) is 0 Å². The smallest absolute Gasteiger partial charge is 0.0692 e. The Labute approximate surface area is 80.7 Å². The van der Waals surface area contributed by atoms with Crippen LogP contribution in [-0.4, -0.2) is 49.0 Å². The van der Waals surface area contributed by atoms with Crippen molar-refractivity contribution >= 4 is 0 Å². The van der Waals surface area contributed by atoms with Gasteiger partial charge in [0, 0.05) is 19.6 Å². The fraction of sp³-hybridized carbons (Fsp3) is 1.00. The molecule has 0 amide bonds. The first-order chi connectivity index (χ1) is 6.24. The lowest BCUT2D eigenvalue weighted by atomic mass is 10.0. The summed E-state index contributed by atoms with van der Waals surface area (Å²) in [5, 5.41) is 9.79. The first-order valence-corrected chi connectivity index (χ1v) is 5.22. The zero-order valence-corrected chi connectivity index (χ0v) is 8.70. The number of hydrogen-bond donors (Lipinski definition) is 1. The fourth-order valence-corrected chi connectivity index (χ4v) is 1.50. The molecule has 3 nitrogen and oxygen atoms in total. The van der Waals surface area contributed by atoms with E-state index in [9.17, 15) is 5.11 Å². The molecular formula is C10H21NO2. The average molecular weight is 187 g/mol. The van der Waals surface area contributed by atoms with Crippen LogP contribution in [-0.2, 0) is 4.74 Å². The maximum Gasteiger partial charge on any atom is 0.0692 e. The van der Waals surface area contributed by atoms with Crippen molar-refractivity contribution in [3.63, 3.8) is 0 Å². The molecule has 0 aliphatic carbocycles. The lowest BCUT2D eigenvalue weighted by molar-refractivity contribution is 0.00253. The number of ether oxygens (including phenoxy) is 1. The highest BCUT2D eigenvalue weighted by Gasteiger charge is 2.18. The Morgan fingerprint density at radius 2 is 2.00 bits per heavy atom. The van der Waals surface area contributed by atoms with E-state index in [-0.39, 0.29) is 6.10 Å². The van der Waals surface area contributed by atoms with Gasteiger partial charge < -0.3 is 9.84 Å². The molecule has 0 radical (unpaired) electrons. The lowest BCUT2D eigenvalue weighted by Gasteiger charge is -2.30. The molecule has 13 heavy (non-hydrogen) atoms. The summed E-state index contributed by atoms with van der Waals surface area (Å²) >= 11 is 0. The predicted octanol–water partition coefficient (Wildman–Crippen LogP) is 0.726. The molecule has 1 aliphatic rings. The summed E-state index contributed by atoms with van der Waals surface area (Å²) in [4.78, 5) is 2.28. The fourth-order valence-electron chi connectivity index (χ4n) is 1.50. The van der Waals surface area contributed by atoms with Crippen molar-refractivity contribution in [1.29, 1.82) is 0 Å². The van der Waals surface area contributed by atoms with Crippen LogP contribution in [0.3, 0.4) is 0 Å². The first-order valence-electron chi connectivity index (χ1n) is 5.22. The van der Waals surface area contributed by atoms with Gasteiger partial charge in [0.15, 0.2) is 0 Å². The number of rotatable bonds is 4. The lowest BCUT2D eigenvalue weighted by Crippen LogP contribution is -2.42. The Morgan fingerprint density at radius 3 is 2.54 bits per heavy atom. The molecule has 0 spiro atoms. The summed E-state index contributed by atoms with van der Waals surface area (Å²) in [5.41, 5.74) is 0. The molecule has 3 heteroatoms. The van der Waals surface area contributed by atoms with Gasteiger partial charge in [-0.3, -0.25) is 4.90 Å². The van der Waals surface area contributed by atoms with Gasteiger partial charge in [0.2, 0.25) is 0 Å². The van der Waals surface area contributed by atoms with Crippen molar-refractivity contribution in [3.05, 3.63) is 0 Å². The van der Waals surface area contributed by atoms with E-state index in [2.05, 4.69) is 18.7 Å². The van der Waals surface area contributed by atoms with Crippen LogP contribution in [0.1, 0.15) is 20.3 Å². The van der Waals surface area contributed by atoms with Gasteiger partial charge in [-0.25, -0.2) is 0 Å². The number of nitrogens with zero attached hydrogens (tertiary/aromatic N) is 1. The third kappa shape index (κ3) is 3.63. The van der Waals surface area contributed by atoms with Gasteiger partial charge in [-0.1, -0.05) is 20.3 Å². The molecule has 78 valence electrons. The second-order valence-corrected chi connectivity index (χ2v) is 3.87. The molecule has 2 atom stereocenters. The monoisotopic (exact) mass is 187 g/mol. The van der Waals surface area contributed by atoms with Crippen LogP contribution in [0.15, 0.2) is 0 Å². The molecule has 1 heterocycles. The van der Waals surface area contributed by atoms with Crippen molar-refractivity contribution in [2.75, 3.05) is 32.8 Å². The maximum atomic E-state index is 9.79. The summed E-state index contributed by atoms with van der Waals surface area (Å²) in [6.07, 6.45) is 0.869. The van der Waals surface area contributed by atoms with Crippen LogP contribution in [0.5, 0.6) is 0 Å². The van der Waals surface area contributed by atoms with Crippen LogP contribution in [0.4, 0.5) is 0 Å². The third-order valence-electron chi connectivity index (χ3n) is 2.85. The van der Waals surface area contributed by atoms with Crippen molar-refractivity contribution in [3.8, 4) is 0 Å². The summed E-state index contributed by atoms with van der Waals surface area (Å²) < 4.78 is 5.24. The Morgan fingerprint density at radius 1 is 1.38 bits per heavy atom. The van der Waals surface area contributed by atoms with Crippen molar-refractivity contribution < 1.29 is 9.84 Å². The zero-order valence-electron chi connectivity index (χ0n) is 8.70. The molecule has 0 aromatic rings. The molecular weight excluding hydrogens is 166 g/mol. The molecule has 2 unspecified atom stereocenters. The Balaban J connectivity index is 2.21. The number of aliphatic hydroxyl groups excluding tert-OH is 1. The average Bonchev–Trinajstić information content (AvgIpc) is 2.18. The minimum atomic E-state index is -0.178. The largest absolute Gasteiger partial charge is 0.392 e. The van der Waals surface area contributed by atoms with Gasteiger partial charge in [-0.15, -0.1) is 0 Å². The molecule has 0 aromatic heterocycles. The van der Waals surface area contributed by atoms with Gasteiger partial charge in [-0.05, 0) is 5.92 Å². The van der Waals surface area contributed by atoms with E-state index in [1.165, 1.54) is 0 Å². The summed E-state index contributed by atoms with van der Waals surface area (Å²) in [5.74, 6) is 0.405. The van der Waals surface area contributed by atoms with E-state index in [0.29, 0.717) is 5.92 Å². The minimum Gasteiger partial charge on any atom is -0.392 e. The molecule has 0 saturated carbocycles. The van der Waals surface area contributed by atoms with Crippen LogP contribution < -0.4 is 0 Å². The molecule has 0 bridgehead atoms. The predicted molar refractivity (Wildman–Crippen MR) is 52.7 cm³/mol. The van der Waals surface area contributed by atoms with Crippen molar-refractivity contribution in [2.24, 2.45) is 5.92 Å². The number of β-amino-alcohol motifs (C(OH)–C–C–N with tert-alkyl or cyclic N) is 1. The van der Waals surface area contributed by atoms with Gasteiger partial charge in [0.25, 0.3) is 0 Å². The number of hydrogen-bond acceptors (Lipinski definition) is 3. The molecule has 1 fully saturated rings. The van der Waals surface area contributed by atoms with E-state index >= 15 is 0 Å². The second-order valence-electron chi connectivity index (χ2n) is 3.87. The maximum absolute atomic E-state index is 9.79. The van der Waals surface area contributed by atoms with Gasteiger partial charge in [0.1, 0.15) is 0 Å².